The molecule has 0 aliphatic heterocycles. The Balaban J connectivity index is 2.20. The molecule has 0 aliphatic rings. The van der Waals surface area contributed by atoms with Gasteiger partial charge in [-0.3, -0.25) is 10.1 Å². The number of aromatic nitrogens is 1. The summed E-state index contributed by atoms with van der Waals surface area (Å²) in [6.07, 6.45) is 0. The van der Waals surface area contributed by atoms with Gasteiger partial charge in [0.1, 0.15) is 17.1 Å². The van der Waals surface area contributed by atoms with Crippen molar-refractivity contribution in [2.24, 2.45) is 0 Å². The first-order valence-electron chi connectivity index (χ1n) is 5.68. The molecule has 1 aromatic carbocycles. The van der Waals surface area contributed by atoms with Crippen LogP contribution in [0.15, 0.2) is 22.6 Å². The summed E-state index contributed by atoms with van der Waals surface area (Å²) >= 11 is 0. The summed E-state index contributed by atoms with van der Waals surface area (Å²) in [5.41, 5.74) is 6.73. The maximum absolute atomic E-state index is 11.0. The first-order chi connectivity index (χ1) is 8.99. The van der Waals surface area contributed by atoms with Gasteiger partial charge in [-0.1, -0.05) is 6.07 Å². The third-order valence-corrected chi connectivity index (χ3v) is 2.75. The van der Waals surface area contributed by atoms with Gasteiger partial charge in [0.25, 0.3) is 0 Å². The van der Waals surface area contributed by atoms with E-state index in [0.717, 1.165) is 11.5 Å². The molecule has 2 aromatic rings. The topological polar surface area (TPSA) is 107 Å². The van der Waals surface area contributed by atoms with Crippen LogP contribution in [0.2, 0.25) is 0 Å². The highest BCUT2D eigenvalue weighted by atomic mass is 16.6. The van der Waals surface area contributed by atoms with Crippen LogP contribution in [0.1, 0.15) is 17.3 Å². The molecule has 1 aromatic heterocycles. The maximum Gasteiger partial charge on any atom is 0.314 e. The molecule has 0 atom stereocenters. The second-order valence-corrected chi connectivity index (χ2v) is 4.10. The number of rotatable bonds is 4. The molecule has 0 amide bonds. The number of oxazole rings is 1. The minimum atomic E-state index is -0.510. The van der Waals surface area contributed by atoms with Gasteiger partial charge in [0.2, 0.25) is 5.89 Å². The number of anilines is 2. The number of hydrogen-bond acceptors (Lipinski definition) is 6. The summed E-state index contributed by atoms with van der Waals surface area (Å²) in [7, 11) is 0. The lowest BCUT2D eigenvalue weighted by atomic mass is 10.2. The molecule has 3 N–H and O–H groups in total. The van der Waals surface area contributed by atoms with E-state index in [0.29, 0.717) is 11.6 Å². The standard InChI is InChI=1S/C12H14N4O3/c1-7-8(2)19-11(15-7)6-14-10-5-3-4-9(13)12(10)16(17)18/h3-5,14H,6,13H2,1-2H3. The highest BCUT2D eigenvalue weighted by Gasteiger charge is 2.17. The monoisotopic (exact) mass is 262 g/mol. The zero-order valence-corrected chi connectivity index (χ0v) is 10.6. The Morgan fingerprint density at radius 2 is 2.21 bits per heavy atom. The van der Waals surface area contributed by atoms with Crippen molar-refractivity contribution in [1.29, 1.82) is 0 Å². The largest absolute Gasteiger partial charge is 0.444 e. The summed E-state index contributed by atoms with van der Waals surface area (Å²) in [5, 5.41) is 13.9. The number of nitro benzene ring substituents is 1. The van der Waals surface area contributed by atoms with Gasteiger partial charge in [0.15, 0.2) is 0 Å². The second kappa shape index (κ2) is 4.97. The number of nitrogen functional groups attached to an aromatic ring is 1. The number of benzene rings is 1. The molecular weight excluding hydrogens is 248 g/mol. The van der Waals surface area contributed by atoms with E-state index in [4.69, 9.17) is 10.2 Å². The molecule has 0 fully saturated rings. The summed E-state index contributed by atoms with van der Waals surface area (Å²) < 4.78 is 5.39. The average Bonchev–Trinajstić information content (AvgIpc) is 2.65. The lowest BCUT2D eigenvalue weighted by Gasteiger charge is -2.06. The van der Waals surface area contributed by atoms with E-state index in [2.05, 4.69) is 10.3 Å². The van der Waals surface area contributed by atoms with Crippen LogP contribution in [-0.2, 0) is 6.54 Å². The molecule has 0 radical (unpaired) electrons. The molecule has 0 saturated carbocycles. The van der Waals surface area contributed by atoms with Gasteiger partial charge in [-0.2, -0.15) is 0 Å². The van der Waals surface area contributed by atoms with E-state index in [-0.39, 0.29) is 17.9 Å². The van der Waals surface area contributed by atoms with Crippen LogP contribution in [0, 0.1) is 24.0 Å². The number of nitrogens with zero attached hydrogens (tertiary/aromatic N) is 2. The van der Waals surface area contributed by atoms with E-state index >= 15 is 0 Å². The molecule has 7 heteroatoms. The van der Waals surface area contributed by atoms with Gasteiger partial charge in [-0.15, -0.1) is 0 Å². The molecule has 0 unspecified atom stereocenters. The Morgan fingerprint density at radius 1 is 1.47 bits per heavy atom. The Kier molecular flexibility index (Phi) is 3.37. The van der Waals surface area contributed by atoms with Gasteiger partial charge >= 0.3 is 5.69 Å². The molecule has 2 rings (SSSR count). The average molecular weight is 262 g/mol. The van der Waals surface area contributed by atoms with Crippen molar-refractivity contribution in [3.63, 3.8) is 0 Å². The lowest BCUT2D eigenvalue weighted by Crippen LogP contribution is -2.05. The number of hydrogen-bond donors (Lipinski definition) is 2. The molecule has 19 heavy (non-hydrogen) atoms. The zero-order valence-electron chi connectivity index (χ0n) is 10.6. The molecule has 1 heterocycles. The Hall–Kier alpha value is -2.57. The van der Waals surface area contributed by atoms with Crippen molar-refractivity contribution in [3.8, 4) is 0 Å². The van der Waals surface area contributed by atoms with Crippen LogP contribution >= 0.6 is 0 Å². The van der Waals surface area contributed by atoms with E-state index in [1.54, 1.807) is 12.1 Å². The van der Waals surface area contributed by atoms with Crippen LogP contribution in [0.3, 0.4) is 0 Å². The first-order valence-corrected chi connectivity index (χ1v) is 5.68. The number of para-hydroxylation sites is 1. The van der Waals surface area contributed by atoms with Crippen LogP contribution in [0.25, 0.3) is 0 Å². The van der Waals surface area contributed by atoms with Gasteiger partial charge in [0, 0.05) is 0 Å². The van der Waals surface area contributed by atoms with Crippen molar-refractivity contribution in [2.75, 3.05) is 11.1 Å². The number of aryl methyl sites for hydroxylation is 2. The van der Waals surface area contributed by atoms with Crippen molar-refractivity contribution in [1.82, 2.24) is 4.98 Å². The Morgan fingerprint density at radius 3 is 2.79 bits per heavy atom. The first kappa shape index (κ1) is 12.9. The van der Waals surface area contributed by atoms with E-state index in [9.17, 15) is 10.1 Å². The minimum Gasteiger partial charge on any atom is -0.444 e. The van der Waals surface area contributed by atoms with E-state index in [1.165, 1.54) is 6.07 Å². The van der Waals surface area contributed by atoms with Gasteiger partial charge in [-0.25, -0.2) is 4.98 Å². The fourth-order valence-electron chi connectivity index (χ4n) is 1.69. The van der Waals surface area contributed by atoms with Crippen molar-refractivity contribution in [3.05, 3.63) is 45.7 Å². The summed E-state index contributed by atoms with van der Waals surface area (Å²) in [4.78, 5) is 14.6. The fourth-order valence-corrected chi connectivity index (χ4v) is 1.69. The molecular formula is C12H14N4O3. The minimum absolute atomic E-state index is 0.120. The molecule has 0 bridgehead atoms. The van der Waals surface area contributed by atoms with Crippen molar-refractivity contribution < 1.29 is 9.34 Å². The summed E-state index contributed by atoms with van der Waals surface area (Å²) in [6.45, 7) is 3.92. The normalized spacial score (nSPS) is 10.4. The van der Waals surface area contributed by atoms with Gasteiger partial charge in [0.05, 0.1) is 17.2 Å². The summed E-state index contributed by atoms with van der Waals surface area (Å²) in [6, 6.07) is 4.73. The number of nitro groups is 1. The Labute approximate surface area is 109 Å². The molecule has 100 valence electrons. The third kappa shape index (κ3) is 2.65. The van der Waals surface area contributed by atoms with Crippen LogP contribution < -0.4 is 11.1 Å². The van der Waals surface area contributed by atoms with E-state index < -0.39 is 4.92 Å². The molecule has 0 aliphatic carbocycles. The lowest BCUT2D eigenvalue weighted by molar-refractivity contribution is -0.383. The van der Waals surface area contributed by atoms with Crippen LogP contribution in [0.5, 0.6) is 0 Å². The van der Waals surface area contributed by atoms with Crippen molar-refractivity contribution >= 4 is 17.1 Å². The quantitative estimate of drug-likeness (QED) is 0.497. The number of nitrogens with two attached hydrogens (primary N) is 1. The van der Waals surface area contributed by atoms with Crippen LogP contribution in [-0.4, -0.2) is 9.91 Å². The number of nitrogens with one attached hydrogen (secondary N) is 1. The van der Waals surface area contributed by atoms with Crippen LogP contribution in [0.4, 0.5) is 17.1 Å². The zero-order chi connectivity index (χ0) is 14.0. The Bertz CT molecular complexity index is 602. The smallest absolute Gasteiger partial charge is 0.314 e. The fraction of sp³-hybridized carbons (Fsp3) is 0.250. The predicted molar refractivity (Wildman–Crippen MR) is 70.8 cm³/mol. The predicted octanol–water partition coefficient (Wildman–Crippen LogP) is 2.39. The third-order valence-electron chi connectivity index (χ3n) is 2.75. The highest BCUT2D eigenvalue weighted by Crippen LogP contribution is 2.30. The van der Waals surface area contributed by atoms with E-state index in [1.807, 2.05) is 13.8 Å². The highest BCUT2D eigenvalue weighted by molar-refractivity contribution is 5.74. The SMILES string of the molecule is Cc1nc(CNc2cccc(N)c2[N+](=O)[O-])oc1C. The molecule has 7 nitrogen and oxygen atoms in total. The van der Waals surface area contributed by atoms with Gasteiger partial charge in [-0.05, 0) is 26.0 Å². The van der Waals surface area contributed by atoms with Gasteiger partial charge < -0.3 is 15.5 Å². The summed E-state index contributed by atoms with van der Waals surface area (Å²) in [5.74, 6) is 1.21. The maximum atomic E-state index is 11.0. The molecule has 0 saturated heterocycles. The van der Waals surface area contributed by atoms with Crippen molar-refractivity contribution in [2.45, 2.75) is 20.4 Å². The molecule has 0 spiro atoms. The second-order valence-electron chi connectivity index (χ2n) is 4.10.